The molecule has 15 heavy (non-hydrogen) atoms. The third-order valence-corrected chi connectivity index (χ3v) is 2.37. The van der Waals surface area contributed by atoms with Crippen LogP contribution in [-0.4, -0.2) is 9.55 Å². The first kappa shape index (κ1) is 10.2. The minimum atomic E-state index is -0.252. The molecule has 2 aromatic rings. The number of furan rings is 1. The number of aryl methyl sites for hydroxylation is 1. The number of halogens is 1. The molecule has 0 N–H and O–H groups in total. The molecule has 4 nitrogen and oxygen atoms in total. The number of nitrogens with zero attached hydrogens (tertiary/aromatic N) is 2. The van der Waals surface area contributed by atoms with Crippen molar-refractivity contribution in [3.8, 4) is 0 Å². The molecule has 0 aliphatic carbocycles. The second-order valence-electron chi connectivity index (χ2n) is 3.30. The van der Waals surface area contributed by atoms with Gasteiger partial charge in [-0.3, -0.25) is 4.57 Å². The first-order valence-electron chi connectivity index (χ1n) is 4.41. The molecule has 78 valence electrons. The zero-order valence-corrected chi connectivity index (χ0v) is 9.69. The van der Waals surface area contributed by atoms with Crippen molar-refractivity contribution in [3.05, 3.63) is 51.0 Å². The lowest BCUT2D eigenvalue weighted by molar-refractivity contribution is 0.536. The van der Waals surface area contributed by atoms with Crippen molar-refractivity contribution in [1.29, 1.82) is 0 Å². The van der Waals surface area contributed by atoms with Gasteiger partial charge in [-0.25, -0.2) is 9.78 Å². The minimum Gasteiger partial charge on any atom is -0.457 e. The van der Waals surface area contributed by atoms with Crippen LogP contribution in [-0.2, 0) is 6.54 Å². The van der Waals surface area contributed by atoms with Gasteiger partial charge >= 0.3 is 5.69 Å². The molecule has 0 spiro atoms. The van der Waals surface area contributed by atoms with Crippen LogP contribution < -0.4 is 5.69 Å². The van der Waals surface area contributed by atoms with Crippen LogP contribution >= 0.6 is 15.9 Å². The Morgan fingerprint density at radius 1 is 1.60 bits per heavy atom. The Morgan fingerprint density at radius 2 is 2.40 bits per heavy atom. The Hall–Kier alpha value is -1.36. The average molecular weight is 269 g/mol. The number of rotatable bonds is 2. The lowest BCUT2D eigenvalue weighted by Crippen LogP contribution is -2.22. The fourth-order valence-corrected chi connectivity index (χ4v) is 1.69. The maximum atomic E-state index is 11.4. The highest BCUT2D eigenvalue weighted by atomic mass is 79.9. The molecule has 5 heteroatoms. The normalized spacial score (nSPS) is 10.5. The summed E-state index contributed by atoms with van der Waals surface area (Å²) < 4.78 is 7.29. The van der Waals surface area contributed by atoms with Gasteiger partial charge in [0, 0.05) is 18.0 Å². The Bertz CT molecular complexity index is 530. The smallest absolute Gasteiger partial charge is 0.347 e. The van der Waals surface area contributed by atoms with E-state index in [0.717, 1.165) is 11.1 Å². The molecule has 0 aliphatic heterocycles. The molecule has 2 aromatic heterocycles. The van der Waals surface area contributed by atoms with E-state index in [-0.39, 0.29) is 5.69 Å². The average Bonchev–Trinajstić information content (AvgIpc) is 2.58. The molecule has 0 unspecified atom stereocenters. The molecule has 0 saturated carbocycles. The number of hydrogen-bond donors (Lipinski definition) is 0. The Labute approximate surface area is 94.7 Å². The van der Waals surface area contributed by atoms with Crippen molar-refractivity contribution in [2.45, 2.75) is 13.5 Å². The monoisotopic (exact) mass is 268 g/mol. The molecule has 0 radical (unpaired) electrons. The first-order valence-corrected chi connectivity index (χ1v) is 5.20. The molecule has 0 atom stereocenters. The summed E-state index contributed by atoms with van der Waals surface area (Å²) in [6, 6.07) is 1.83. The molecule has 0 bridgehead atoms. The molecular weight excluding hydrogens is 260 g/mol. The summed E-state index contributed by atoms with van der Waals surface area (Å²) in [5.74, 6) is 0. The number of aromatic nitrogens is 2. The van der Waals surface area contributed by atoms with Gasteiger partial charge in [0.2, 0.25) is 0 Å². The van der Waals surface area contributed by atoms with E-state index in [1.54, 1.807) is 23.2 Å². The fourth-order valence-electron chi connectivity index (χ4n) is 1.30. The maximum Gasteiger partial charge on any atom is 0.347 e. The van der Waals surface area contributed by atoms with Gasteiger partial charge in [-0.1, -0.05) is 0 Å². The Balaban J connectivity index is 2.31. The lowest BCUT2D eigenvalue weighted by Gasteiger charge is -2.02. The van der Waals surface area contributed by atoms with Crippen molar-refractivity contribution < 1.29 is 4.42 Å². The van der Waals surface area contributed by atoms with Gasteiger partial charge in [-0.2, -0.15) is 0 Å². The SMILES string of the molecule is Cc1cnc(=O)n(Cc2coc(Br)c2)c1. The van der Waals surface area contributed by atoms with E-state index in [1.165, 1.54) is 0 Å². The van der Waals surface area contributed by atoms with E-state index in [4.69, 9.17) is 4.42 Å². The predicted octanol–water partition coefficient (Wildman–Crippen LogP) is 1.96. The van der Waals surface area contributed by atoms with Crippen LogP contribution in [0.2, 0.25) is 0 Å². The highest BCUT2D eigenvalue weighted by molar-refractivity contribution is 9.10. The van der Waals surface area contributed by atoms with Crippen molar-refractivity contribution in [1.82, 2.24) is 9.55 Å². The van der Waals surface area contributed by atoms with E-state index in [2.05, 4.69) is 20.9 Å². The molecule has 2 rings (SSSR count). The molecule has 0 amide bonds. The Kier molecular flexibility index (Phi) is 2.73. The van der Waals surface area contributed by atoms with Gasteiger partial charge < -0.3 is 4.42 Å². The molecule has 2 heterocycles. The zero-order valence-electron chi connectivity index (χ0n) is 8.11. The van der Waals surface area contributed by atoms with Crippen LogP contribution in [0.4, 0.5) is 0 Å². The predicted molar refractivity (Wildman–Crippen MR) is 58.7 cm³/mol. The molecule has 0 saturated heterocycles. The molecule has 0 aromatic carbocycles. The van der Waals surface area contributed by atoms with E-state index in [0.29, 0.717) is 11.2 Å². The van der Waals surface area contributed by atoms with Crippen LogP contribution in [0, 0.1) is 6.92 Å². The summed E-state index contributed by atoms with van der Waals surface area (Å²) >= 11 is 3.21. The molecular formula is C10H9BrN2O2. The van der Waals surface area contributed by atoms with Crippen LogP contribution in [0.5, 0.6) is 0 Å². The van der Waals surface area contributed by atoms with Crippen LogP contribution in [0.25, 0.3) is 0 Å². The summed E-state index contributed by atoms with van der Waals surface area (Å²) in [4.78, 5) is 15.1. The summed E-state index contributed by atoms with van der Waals surface area (Å²) in [5.41, 5.74) is 1.63. The molecule has 0 fully saturated rings. The maximum absolute atomic E-state index is 11.4. The third kappa shape index (κ3) is 2.36. The van der Waals surface area contributed by atoms with Crippen LogP contribution in [0.3, 0.4) is 0 Å². The van der Waals surface area contributed by atoms with Crippen molar-refractivity contribution in [3.63, 3.8) is 0 Å². The van der Waals surface area contributed by atoms with Gasteiger partial charge in [0.15, 0.2) is 4.67 Å². The van der Waals surface area contributed by atoms with E-state index < -0.39 is 0 Å². The highest BCUT2D eigenvalue weighted by Gasteiger charge is 2.02. The lowest BCUT2D eigenvalue weighted by atomic mass is 10.3. The van der Waals surface area contributed by atoms with Gasteiger partial charge in [-0.05, 0) is 34.5 Å². The van der Waals surface area contributed by atoms with Crippen LogP contribution in [0.15, 0.2) is 38.6 Å². The quantitative estimate of drug-likeness (QED) is 0.837. The second kappa shape index (κ2) is 4.02. The van der Waals surface area contributed by atoms with Gasteiger partial charge in [0.25, 0.3) is 0 Å². The second-order valence-corrected chi connectivity index (χ2v) is 4.08. The Morgan fingerprint density at radius 3 is 3.07 bits per heavy atom. The zero-order chi connectivity index (χ0) is 10.8. The van der Waals surface area contributed by atoms with Crippen molar-refractivity contribution in [2.75, 3.05) is 0 Å². The van der Waals surface area contributed by atoms with Crippen molar-refractivity contribution >= 4 is 15.9 Å². The summed E-state index contributed by atoms with van der Waals surface area (Å²) in [6.07, 6.45) is 4.94. The molecule has 0 aliphatic rings. The highest BCUT2D eigenvalue weighted by Crippen LogP contribution is 2.14. The summed E-state index contributed by atoms with van der Waals surface area (Å²) in [5, 5.41) is 0. The van der Waals surface area contributed by atoms with Gasteiger partial charge in [0.05, 0.1) is 12.8 Å². The minimum absolute atomic E-state index is 0.252. The topological polar surface area (TPSA) is 48.0 Å². The van der Waals surface area contributed by atoms with Crippen LogP contribution in [0.1, 0.15) is 11.1 Å². The van der Waals surface area contributed by atoms with E-state index in [1.807, 2.05) is 13.0 Å². The van der Waals surface area contributed by atoms with E-state index in [9.17, 15) is 4.79 Å². The van der Waals surface area contributed by atoms with Gasteiger partial charge in [0.1, 0.15) is 0 Å². The standard InChI is InChI=1S/C10H9BrN2O2/c1-7-3-12-10(14)13(4-7)5-8-2-9(11)15-6-8/h2-4,6H,5H2,1H3. The summed E-state index contributed by atoms with van der Waals surface area (Å²) in [6.45, 7) is 2.37. The summed E-state index contributed by atoms with van der Waals surface area (Å²) in [7, 11) is 0. The fraction of sp³-hybridized carbons (Fsp3) is 0.200. The first-order chi connectivity index (χ1) is 7.15. The third-order valence-electron chi connectivity index (χ3n) is 1.96. The van der Waals surface area contributed by atoms with E-state index >= 15 is 0 Å². The number of hydrogen-bond acceptors (Lipinski definition) is 3. The largest absolute Gasteiger partial charge is 0.457 e. The van der Waals surface area contributed by atoms with Crippen molar-refractivity contribution in [2.24, 2.45) is 0 Å². The van der Waals surface area contributed by atoms with Gasteiger partial charge in [-0.15, -0.1) is 0 Å².